The predicted octanol–water partition coefficient (Wildman–Crippen LogP) is 3.29. The number of rotatable bonds is 3. The standard InChI is InChI=1S/C16H20FNO3/c1-15(2)12(8-9-16(15,3)14(20)21)13(19)18-11-6-4-10(17)5-7-11/h4-7,12H,8-9H2,1-3H3,(H,18,19)(H,20,21)/t12-,16+/m0/s1. The van der Waals surface area contributed by atoms with Crippen LogP contribution in [0.25, 0.3) is 0 Å². The van der Waals surface area contributed by atoms with E-state index in [1.54, 1.807) is 6.92 Å². The van der Waals surface area contributed by atoms with E-state index in [2.05, 4.69) is 5.32 Å². The molecule has 2 N–H and O–H groups in total. The number of anilines is 1. The maximum atomic E-state index is 12.9. The molecule has 0 heterocycles. The molecule has 0 radical (unpaired) electrons. The first-order valence-corrected chi connectivity index (χ1v) is 6.98. The molecule has 1 aromatic rings. The molecule has 5 heteroatoms. The topological polar surface area (TPSA) is 66.4 Å². The number of halogens is 1. The fraction of sp³-hybridized carbons (Fsp3) is 0.500. The van der Waals surface area contributed by atoms with Crippen molar-refractivity contribution in [2.75, 3.05) is 5.32 Å². The Balaban J connectivity index is 2.17. The highest BCUT2D eigenvalue weighted by Crippen LogP contribution is 2.56. The highest BCUT2D eigenvalue weighted by Gasteiger charge is 2.58. The average molecular weight is 293 g/mol. The summed E-state index contributed by atoms with van der Waals surface area (Å²) in [6, 6.07) is 5.53. The molecule has 0 spiro atoms. The van der Waals surface area contributed by atoms with E-state index in [0.717, 1.165) is 0 Å². The van der Waals surface area contributed by atoms with Gasteiger partial charge in [-0.3, -0.25) is 9.59 Å². The van der Waals surface area contributed by atoms with Crippen molar-refractivity contribution < 1.29 is 19.1 Å². The zero-order valence-electron chi connectivity index (χ0n) is 12.4. The lowest BCUT2D eigenvalue weighted by molar-refractivity contribution is -0.154. The van der Waals surface area contributed by atoms with Gasteiger partial charge < -0.3 is 10.4 Å². The first kappa shape index (κ1) is 15.5. The number of carbonyl (C=O) groups excluding carboxylic acids is 1. The summed E-state index contributed by atoms with van der Waals surface area (Å²) in [4.78, 5) is 24.0. The minimum absolute atomic E-state index is 0.211. The highest BCUT2D eigenvalue weighted by atomic mass is 19.1. The van der Waals surface area contributed by atoms with Crippen LogP contribution in [0.4, 0.5) is 10.1 Å². The van der Waals surface area contributed by atoms with E-state index in [-0.39, 0.29) is 17.6 Å². The van der Waals surface area contributed by atoms with Crippen molar-refractivity contribution in [2.45, 2.75) is 33.6 Å². The van der Waals surface area contributed by atoms with Gasteiger partial charge in [0.2, 0.25) is 5.91 Å². The minimum atomic E-state index is -0.919. The van der Waals surface area contributed by atoms with Crippen molar-refractivity contribution in [3.63, 3.8) is 0 Å². The number of carbonyl (C=O) groups is 2. The number of hydrogen-bond acceptors (Lipinski definition) is 2. The van der Waals surface area contributed by atoms with Gasteiger partial charge in [-0.1, -0.05) is 13.8 Å². The summed E-state index contributed by atoms with van der Waals surface area (Å²) < 4.78 is 12.9. The van der Waals surface area contributed by atoms with E-state index < -0.39 is 16.8 Å². The summed E-state index contributed by atoms with van der Waals surface area (Å²) >= 11 is 0. The molecular weight excluding hydrogens is 273 g/mol. The fourth-order valence-electron chi connectivity index (χ4n) is 3.10. The molecule has 1 saturated carbocycles. The molecule has 4 nitrogen and oxygen atoms in total. The van der Waals surface area contributed by atoms with Crippen LogP contribution in [0.1, 0.15) is 33.6 Å². The molecule has 21 heavy (non-hydrogen) atoms. The van der Waals surface area contributed by atoms with Crippen LogP contribution < -0.4 is 5.32 Å². The minimum Gasteiger partial charge on any atom is -0.481 e. The van der Waals surface area contributed by atoms with Gasteiger partial charge in [0.15, 0.2) is 0 Å². The Bertz CT molecular complexity index is 567. The Morgan fingerprint density at radius 1 is 1.24 bits per heavy atom. The van der Waals surface area contributed by atoms with Crippen molar-refractivity contribution in [2.24, 2.45) is 16.7 Å². The van der Waals surface area contributed by atoms with Gasteiger partial charge in [-0.2, -0.15) is 0 Å². The molecule has 1 fully saturated rings. The number of hydrogen-bond donors (Lipinski definition) is 2. The summed E-state index contributed by atoms with van der Waals surface area (Å²) in [5.74, 6) is -1.84. The van der Waals surface area contributed by atoms with E-state index in [1.807, 2.05) is 13.8 Å². The SMILES string of the molecule is CC1(C)[C@H](C(=O)Nc2ccc(F)cc2)CC[C@]1(C)C(=O)O. The molecule has 2 atom stereocenters. The summed E-state index contributed by atoms with van der Waals surface area (Å²) in [6.45, 7) is 5.34. The zero-order chi connectivity index (χ0) is 15.8. The van der Waals surface area contributed by atoms with Gasteiger partial charge in [0, 0.05) is 11.6 Å². The number of carboxylic acid groups (broad SMARTS) is 1. The Kier molecular flexibility index (Phi) is 3.78. The third-order valence-electron chi connectivity index (χ3n) is 5.13. The second kappa shape index (κ2) is 5.13. The molecule has 1 amide bonds. The molecule has 114 valence electrons. The number of aliphatic carboxylic acids is 1. The smallest absolute Gasteiger partial charge is 0.309 e. The number of nitrogens with one attached hydrogen (secondary N) is 1. The molecule has 0 aromatic heterocycles. The molecular formula is C16H20FNO3. The second-order valence-corrected chi connectivity index (χ2v) is 6.45. The van der Waals surface area contributed by atoms with Crippen LogP contribution in [0, 0.1) is 22.6 Å². The maximum absolute atomic E-state index is 12.9. The lowest BCUT2D eigenvalue weighted by Gasteiger charge is -2.37. The van der Waals surface area contributed by atoms with Gasteiger partial charge in [0.05, 0.1) is 5.41 Å². The van der Waals surface area contributed by atoms with Gasteiger partial charge in [0.25, 0.3) is 0 Å². The average Bonchev–Trinajstić information content (AvgIpc) is 2.64. The molecule has 1 aliphatic carbocycles. The third kappa shape index (κ3) is 2.52. The van der Waals surface area contributed by atoms with Crippen LogP contribution in [0.15, 0.2) is 24.3 Å². The van der Waals surface area contributed by atoms with Crippen LogP contribution in [0.3, 0.4) is 0 Å². The zero-order valence-corrected chi connectivity index (χ0v) is 12.4. The van der Waals surface area contributed by atoms with E-state index in [4.69, 9.17) is 0 Å². The Morgan fingerprint density at radius 3 is 2.29 bits per heavy atom. The van der Waals surface area contributed by atoms with E-state index in [9.17, 15) is 19.1 Å². The van der Waals surface area contributed by atoms with Crippen molar-refractivity contribution in [3.8, 4) is 0 Å². The van der Waals surface area contributed by atoms with Crippen molar-refractivity contribution in [1.82, 2.24) is 0 Å². The second-order valence-electron chi connectivity index (χ2n) is 6.45. The number of amides is 1. The number of benzene rings is 1. The van der Waals surface area contributed by atoms with E-state index in [1.165, 1.54) is 24.3 Å². The van der Waals surface area contributed by atoms with Crippen LogP contribution in [0.5, 0.6) is 0 Å². The Morgan fingerprint density at radius 2 is 1.81 bits per heavy atom. The number of carboxylic acids is 1. The van der Waals surface area contributed by atoms with Crippen LogP contribution in [-0.4, -0.2) is 17.0 Å². The summed E-state index contributed by atoms with van der Waals surface area (Å²) in [5.41, 5.74) is -1.05. The van der Waals surface area contributed by atoms with Crippen molar-refractivity contribution in [3.05, 3.63) is 30.1 Å². The third-order valence-corrected chi connectivity index (χ3v) is 5.13. The van der Waals surface area contributed by atoms with Gasteiger partial charge in [0.1, 0.15) is 5.82 Å². The molecule has 0 aliphatic heterocycles. The van der Waals surface area contributed by atoms with Gasteiger partial charge in [-0.05, 0) is 49.4 Å². The maximum Gasteiger partial charge on any atom is 0.309 e. The summed E-state index contributed by atoms with van der Waals surface area (Å²) in [6.07, 6.45) is 1.000. The molecule has 0 saturated heterocycles. The monoisotopic (exact) mass is 293 g/mol. The van der Waals surface area contributed by atoms with Crippen molar-refractivity contribution >= 4 is 17.6 Å². The van der Waals surface area contributed by atoms with Crippen LogP contribution >= 0.6 is 0 Å². The quantitative estimate of drug-likeness (QED) is 0.898. The molecule has 0 unspecified atom stereocenters. The lowest BCUT2D eigenvalue weighted by atomic mass is 9.65. The largest absolute Gasteiger partial charge is 0.481 e. The van der Waals surface area contributed by atoms with Gasteiger partial charge in [-0.25, -0.2) is 4.39 Å². The van der Waals surface area contributed by atoms with Gasteiger partial charge in [-0.15, -0.1) is 0 Å². The summed E-state index contributed by atoms with van der Waals surface area (Å²) in [7, 11) is 0. The first-order chi connectivity index (χ1) is 9.68. The molecule has 2 rings (SSSR count). The van der Waals surface area contributed by atoms with Crippen molar-refractivity contribution in [1.29, 1.82) is 0 Å². The molecule has 1 aliphatic rings. The van der Waals surface area contributed by atoms with E-state index >= 15 is 0 Å². The van der Waals surface area contributed by atoms with Crippen LogP contribution in [0.2, 0.25) is 0 Å². The fourth-order valence-corrected chi connectivity index (χ4v) is 3.10. The lowest BCUT2D eigenvalue weighted by Crippen LogP contribution is -2.43. The normalized spacial score (nSPS) is 27.3. The summed E-state index contributed by atoms with van der Waals surface area (Å²) in [5, 5.41) is 12.2. The molecule has 1 aromatic carbocycles. The highest BCUT2D eigenvalue weighted by molar-refractivity contribution is 5.94. The molecule has 0 bridgehead atoms. The van der Waals surface area contributed by atoms with Gasteiger partial charge >= 0.3 is 5.97 Å². The Labute approximate surface area is 123 Å². The van der Waals surface area contributed by atoms with Crippen LogP contribution in [-0.2, 0) is 9.59 Å². The first-order valence-electron chi connectivity index (χ1n) is 6.98. The van der Waals surface area contributed by atoms with E-state index in [0.29, 0.717) is 18.5 Å². The predicted molar refractivity (Wildman–Crippen MR) is 77.3 cm³/mol. The Hall–Kier alpha value is -1.91.